The number of hydrogen-bond donors (Lipinski definition) is 2. The Labute approximate surface area is 112 Å². The number of halogens is 1. The number of nitrogens with one attached hydrogen (secondary N) is 1. The molecule has 0 saturated carbocycles. The van der Waals surface area contributed by atoms with Crippen LogP contribution in [-0.4, -0.2) is 19.9 Å². The predicted molar refractivity (Wildman–Crippen MR) is 69.9 cm³/mol. The average molecular weight is 284 g/mol. The molecule has 0 aliphatic rings. The van der Waals surface area contributed by atoms with E-state index in [1.807, 2.05) is 0 Å². The predicted octanol–water partition coefficient (Wildman–Crippen LogP) is 1.56. The number of H-pyrrole nitrogens is 1. The molecule has 0 aliphatic carbocycles. The van der Waals surface area contributed by atoms with Crippen molar-refractivity contribution in [1.29, 1.82) is 0 Å². The first-order valence-corrected chi connectivity index (χ1v) is 6.20. The Morgan fingerprint density at radius 1 is 1.33 bits per heavy atom. The lowest BCUT2D eigenvalue weighted by atomic mass is 10.4. The molecule has 0 radical (unpaired) electrons. The Hall–Kier alpha value is -1.60. The van der Waals surface area contributed by atoms with Crippen LogP contribution >= 0.6 is 23.4 Å². The molecule has 0 unspecified atom stereocenters. The zero-order valence-electron chi connectivity index (χ0n) is 9.69. The minimum Gasteiger partial charge on any atom is -0.395 e. The van der Waals surface area contributed by atoms with Gasteiger partial charge in [-0.2, -0.15) is 0 Å². The molecule has 2 aromatic heterocycles. The molecule has 6 nitrogen and oxygen atoms in total. The van der Waals surface area contributed by atoms with Crippen molar-refractivity contribution in [3.8, 4) is 0 Å². The van der Waals surface area contributed by atoms with Crippen LogP contribution in [0.2, 0.25) is 5.28 Å². The van der Waals surface area contributed by atoms with E-state index in [0.29, 0.717) is 27.3 Å². The first-order chi connectivity index (χ1) is 8.45. The second-order valence-corrected chi connectivity index (χ2v) is 4.91. The average Bonchev–Trinajstić information content (AvgIpc) is 2.23. The fourth-order valence-corrected chi connectivity index (χ4v) is 2.47. The maximum atomic E-state index is 11.3. The summed E-state index contributed by atoms with van der Waals surface area (Å²) in [4.78, 5) is 26.1. The van der Waals surface area contributed by atoms with Gasteiger partial charge in [-0.25, -0.2) is 15.0 Å². The van der Waals surface area contributed by atoms with Crippen LogP contribution in [0.4, 0.5) is 5.69 Å². The Balaban J connectivity index is 2.42. The van der Waals surface area contributed by atoms with Crippen LogP contribution in [-0.2, 0) is 0 Å². The summed E-state index contributed by atoms with van der Waals surface area (Å²) in [7, 11) is 0. The molecular weight excluding hydrogens is 274 g/mol. The monoisotopic (exact) mass is 283 g/mol. The van der Waals surface area contributed by atoms with Crippen molar-refractivity contribution in [2.45, 2.75) is 24.0 Å². The molecule has 94 valence electrons. The lowest BCUT2D eigenvalue weighted by Crippen LogP contribution is -2.08. The molecular formula is C10H10ClN5OS. The molecule has 0 spiro atoms. The molecule has 0 bridgehead atoms. The van der Waals surface area contributed by atoms with Crippen LogP contribution in [0, 0.1) is 13.8 Å². The molecule has 0 saturated heterocycles. The summed E-state index contributed by atoms with van der Waals surface area (Å²) < 4.78 is 0. The Morgan fingerprint density at radius 3 is 2.72 bits per heavy atom. The number of aromatic nitrogens is 4. The van der Waals surface area contributed by atoms with E-state index in [-0.39, 0.29) is 10.8 Å². The third-order valence-corrected chi connectivity index (χ3v) is 3.18. The summed E-state index contributed by atoms with van der Waals surface area (Å²) in [5.74, 6) is 0. The highest BCUT2D eigenvalue weighted by Crippen LogP contribution is 2.29. The normalized spacial score (nSPS) is 10.6. The van der Waals surface area contributed by atoms with E-state index in [4.69, 9.17) is 17.3 Å². The van der Waals surface area contributed by atoms with Gasteiger partial charge in [0, 0.05) is 11.8 Å². The van der Waals surface area contributed by atoms with Gasteiger partial charge in [-0.3, -0.25) is 4.79 Å². The van der Waals surface area contributed by atoms with Crippen molar-refractivity contribution in [2.24, 2.45) is 0 Å². The van der Waals surface area contributed by atoms with Crippen molar-refractivity contribution in [3.05, 3.63) is 33.1 Å². The van der Waals surface area contributed by atoms with Crippen molar-refractivity contribution < 1.29 is 0 Å². The molecule has 3 N–H and O–H groups in total. The van der Waals surface area contributed by atoms with Crippen molar-refractivity contribution in [3.63, 3.8) is 0 Å². The second kappa shape index (κ2) is 4.95. The third-order valence-electron chi connectivity index (χ3n) is 2.12. The SMILES string of the molecule is Cc1cc(=O)[nH]c(Sc2nc(Cl)nc(C)c2N)n1. The van der Waals surface area contributed by atoms with E-state index < -0.39 is 0 Å². The van der Waals surface area contributed by atoms with Gasteiger partial charge in [0.05, 0.1) is 11.4 Å². The number of nitrogens with zero attached hydrogens (tertiary/aromatic N) is 3. The van der Waals surface area contributed by atoms with Crippen LogP contribution < -0.4 is 11.3 Å². The smallest absolute Gasteiger partial charge is 0.251 e. The second-order valence-electron chi connectivity index (χ2n) is 3.59. The fourth-order valence-electron chi connectivity index (χ4n) is 1.29. The van der Waals surface area contributed by atoms with E-state index >= 15 is 0 Å². The zero-order valence-corrected chi connectivity index (χ0v) is 11.3. The lowest BCUT2D eigenvalue weighted by molar-refractivity contribution is 0.900. The fraction of sp³-hybridized carbons (Fsp3) is 0.200. The van der Waals surface area contributed by atoms with E-state index in [1.165, 1.54) is 6.07 Å². The van der Waals surface area contributed by atoms with Gasteiger partial charge in [0.25, 0.3) is 5.56 Å². The molecule has 2 heterocycles. The Kier molecular flexibility index (Phi) is 3.53. The van der Waals surface area contributed by atoms with Crippen molar-refractivity contribution >= 4 is 29.1 Å². The minimum absolute atomic E-state index is 0.110. The van der Waals surface area contributed by atoms with Gasteiger partial charge in [-0.15, -0.1) is 0 Å². The number of rotatable bonds is 2. The quantitative estimate of drug-likeness (QED) is 0.641. The minimum atomic E-state index is -0.222. The number of anilines is 1. The molecule has 8 heteroatoms. The largest absolute Gasteiger partial charge is 0.395 e. The van der Waals surface area contributed by atoms with Crippen LogP contribution in [0.1, 0.15) is 11.4 Å². The molecule has 0 fully saturated rings. The molecule has 0 amide bonds. The van der Waals surface area contributed by atoms with Gasteiger partial charge >= 0.3 is 0 Å². The highest BCUT2D eigenvalue weighted by molar-refractivity contribution is 7.99. The van der Waals surface area contributed by atoms with Crippen molar-refractivity contribution in [1.82, 2.24) is 19.9 Å². The molecule has 2 aromatic rings. The van der Waals surface area contributed by atoms with Crippen LogP contribution in [0.3, 0.4) is 0 Å². The first kappa shape index (κ1) is 12.8. The Bertz CT molecular complexity index is 657. The number of nitrogen functional groups attached to an aromatic ring is 1. The van der Waals surface area contributed by atoms with Crippen LogP contribution in [0.5, 0.6) is 0 Å². The lowest BCUT2D eigenvalue weighted by Gasteiger charge is -2.06. The highest BCUT2D eigenvalue weighted by atomic mass is 35.5. The standard InChI is InChI=1S/C10H10ClN5OS/c1-4-3-6(17)15-10(13-4)18-8-7(12)5(2)14-9(11)16-8/h3H,12H2,1-2H3,(H,13,15,17). The van der Waals surface area contributed by atoms with E-state index in [1.54, 1.807) is 13.8 Å². The summed E-state index contributed by atoms with van der Waals surface area (Å²) in [6.45, 7) is 3.47. The summed E-state index contributed by atoms with van der Waals surface area (Å²) >= 11 is 6.91. The first-order valence-electron chi connectivity index (χ1n) is 5.01. The Morgan fingerprint density at radius 2 is 2.06 bits per heavy atom. The van der Waals surface area contributed by atoms with Gasteiger partial charge < -0.3 is 10.7 Å². The highest BCUT2D eigenvalue weighted by Gasteiger charge is 2.11. The number of hydrogen-bond acceptors (Lipinski definition) is 6. The van der Waals surface area contributed by atoms with E-state index in [2.05, 4.69) is 19.9 Å². The summed E-state index contributed by atoms with van der Waals surface area (Å²) in [5, 5.41) is 1.00. The van der Waals surface area contributed by atoms with E-state index in [0.717, 1.165) is 11.8 Å². The molecule has 0 aliphatic heterocycles. The summed E-state index contributed by atoms with van der Waals surface area (Å²) in [6, 6.07) is 1.41. The number of nitrogens with two attached hydrogens (primary N) is 1. The maximum Gasteiger partial charge on any atom is 0.251 e. The number of aromatic amines is 1. The summed E-state index contributed by atoms with van der Waals surface area (Å²) in [6.07, 6.45) is 0. The molecule has 18 heavy (non-hydrogen) atoms. The zero-order chi connectivity index (χ0) is 13.3. The summed E-state index contributed by atoms with van der Waals surface area (Å²) in [5.41, 5.74) is 7.27. The van der Waals surface area contributed by atoms with Crippen LogP contribution in [0.25, 0.3) is 0 Å². The maximum absolute atomic E-state index is 11.3. The molecule has 0 atom stereocenters. The molecule has 2 rings (SSSR count). The van der Waals surface area contributed by atoms with Gasteiger partial charge in [0.2, 0.25) is 5.28 Å². The third kappa shape index (κ3) is 2.80. The van der Waals surface area contributed by atoms with E-state index in [9.17, 15) is 4.79 Å². The van der Waals surface area contributed by atoms with Crippen LogP contribution in [0.15, 0.2) is 21.0 Å². The topological polar surface area (TPSA) is 97.5 Å². The van der Waals surface area contributed by atoms with Gasteiger partial charge in [0.1, 0.15) is 5.03 Å². The van der Waals surface area contributed by atoms with Gasteiger partial charge in [-0.05, 0) is 37.2 Å². The van der Waals surface area contributed by atoms with Gasteiger partial charge in [0.15, 0.2) is 5.16 Å². The van der Waals surface area contributed by atoms with Crippen molar-refractivity contribution in [2.75, 3.05) is 5.73 Å². The molecule has 0 aromatic carbocycles. The van der Waals surface area contributed by atoms with Gasteiger partial charge in [-0.1, -0.05) is 0 Å². The number of aryl methyl sites for hydroxylation is 2.